The third-order valence-electron chi connectivity index (χ3n) is 4.60. The summed E-state index contributed by atoms with van der Waals surface area (Å²) >= 11 is 0. The zero-order chi connectivity index (χ0) is 18.4. The van der Waals surface area contributed by atoms with Crippen molar-refractivity contribution < 1.29 is 14.7 Å². The minimum atomic E-state index is -0.431. The standard InChI is InChI=1S/C20H30N2O3/c1-20(2,3)19(25)22-11-7-10-17(15-22)18(24)21(12-13-23)14-16-8-5-4-6-9-16/h4-6,8-9,17,23H,7,10-15H2,1-3H3. The molecular formula is C20H30N2O3. The topological polar surface area (TPSA) is 60.9 Å². The third-order valence-corrected chi connectivity index (χ3v) is 4.60. The van der Waals surface area contributed by atoms with Crippen molar-refractivity contribution in [1.29, 1.82) is 0 Å². The lowest BCUT2D eigenvalue weighted by Gasteiger charge is -2.37. The third kappa shape index (κ3) is 5.30. The Kier molecular flexibility index (Phi) is 6.59. The number of likely N-dealkylation sites (tertiary alicyclic amines) is 1. The Morgan fingerprint density at radius 2 is 1.92 bits per heavy atom. The van der Waals surface area contributed by atoms with E-state index in [9.17, 15) is 14.7 Å². The van der Waals surface area contributed by atoms with Gasteiger partial charge in [0.05, 0.1) is 12.5 Å². The predicted octanol–water partition coefficient (Wildman–Crippen LogP) is 2.29. The summed E-state index contributed by atoms with van der Waals surface area (Å²) in [6.45, 7) is 7.68. The summed E-state index contributed by atoms with van der Waals surface area (Å²) in [4.78, 5) is 29.1. The molecule has 0 aliphatic carbocycles. The predicted molar refractivity (Wildman–Crippen MR) is 97.7 cm³/mol. The van der Waals surface area contributed by atoms with E-state index in [2.05, 4.69) is 0 Å². The molecule has 0 radical (unpaired) electrons. The van der Waals surface area contributed by atoms with Gasteiger partial charge in [0, 0.05) is 31.6 Å². The van der Waals surface area contributed by atoms with E-state index < -0.39 is 5.41 Å². The maximum Gasteiger partial charge on any atom is 0.227 e. The Bertz CT molecular complexity index is 580. The van der Waals surface area contributed by atoms with Crippen LogP contribution in [0.2, 0.25) is 0 Å². The summed E-state index contributed by atoms with van der Waals surface area (Å²) in [7, 11) is 0. The van der Waals surface area contributed by atoms with Crippen LogP contribution in [0.25, 0.3) is 0 Å². The van der Waals surface area contributed by atoms with Crippen LogP contribution in [0.4, 0.5) is 0 Å². The van der Waals surface area contributed by atoms with Crippen LogP contribution in [-0.4, -0.2) is 53.0 Å². The monoisotopic (exact) mass is 346 g/mol. The zero-order valence-corrected chi connectivity index (χ0v) is 15.6. The van der Waals surface area contributed by atoms with Crippen molar-refractivity contribution in [2.75, 3.05) is 26.2 Å². The SMILES string of the molecule is CC(C)(C)C(=O)N1CCCC(C(=O)N(CCO)Cc2ccccc2)C1. The molecule has 0 aromatic heterocycles. The van der Waals surface area contributed by atoms with Gasteiger partial charge in [-0.1, -0.05) is 51.1 Å². The number of amides is 2. The molecule has 2 amide bonds. The number of nitrogens with zero attached hydrogens (tertiary/aromatic N) is 2. The van der Waals surface area contributed by atoms with E-state index in [-0.39, 0.29) is 24.3 Å². The van der Waals surface area contributed by atoms with Crippen LogP contribution < -0.4 is 0 Å². The van der Waals surface area contributed by atoms with Gasteiger partial charge in [-0.05, 0) is 18.4 Å². The van der Waals surface area contributed by atoms with Gasteiger partial charge >= 0.3 is 0 Å². The Morgan fingerprint density at radius 1 is 1.24 bits per heavy atom. The second-order valence-electron chi connectivity index (χ2n) is 7.81. The van der Waals surface area contributed by atoms with Crippen LogP contribution in [-0.2, 0) is 16.1 Å². The molecule has 1 saturated heterocycles. The van der Waals surface area contributed by atoms with Crippen molar-refractivity contribution in [3.8, 4) is 0 Å². The average Bonchev–Trinajstić information content (AvgIpc) is 2.60. The number of benzene rings is 1. The van der Waals surface area contributed by atoms with E-state index in [0.717, 1.165) is 24.9 Å². The molecule has 0 spiro atoms. The van der Waals surface area contributed by atoms with Gasteiger partial charge in [0.2, 0.25) is 11.8 Å². The van der Waals surface area contributed by atoms with Crippen LogP contribution in [0, 0.1) is 11.3 Å². The Hall–Kier alpha value is -1.88. The molecule has 1 aromatic carbocycles. The van der Waals surface area contributed by atoms with Crippen LogP contribution in [0.5, 0.6) is 0 Å². The maximum absolute atomic E-state index is 13.0. The summed E-state index contributed by atoms with van der Waals surface area (Å²) < 4.78 is 0. The highest BCUT2D eigenvalue weighted by Crippen LogP contribution is 2.25. The van der Waals surface area contributed by atoms with Crippen molar-refractivity contribution >= 4 is 11.8 Å². The van der Waals surface area contributed by atoms with Gasteiger partial charge in [-0.3, -0.25) is 9.59 Å². The molecule has 2 rings (SSSR count). The molecule has 5 heteroatoms. The summed E-state index contributed by atoms with van der Waals surface area (Å²) in [5, 5.41) is 9.35. The van der Waals surface area contributed by atoms with Gasteiger partial charge in [0.1, 0.15) is 0 Å². The fraction of sp³-hybridized carbons (Fsp3) is 0.600. The Morgan fingerprint density at radius 3 is 2.52 bits per heavy atom. The van der Waals surface area contributed by atoms with Crippen molar-refractivity contribution in [2.45, 2.75) is 40.2 Å². The average molecular weight is 346 g/mol. The van der Waals surface area contributed by atoms with Gasteiger partial charge in [-0.15, -0.1) is 0 Å². The summed E-state index contributed by atoms with van der Waals surface area (Å²) in [6.07, 6.45) is 1.64. The molecule has 5 nitrogen and oxygen atoms in total. The quantitative estimate of drug-likeness (QED) is 0.890. The molecule has 0 saturated carbocycles. The van der Waals surface area contributed by atoms with Crippen molar-refractivity contribution in [3.05, 3.63) is 35.9 Å². The van der Waals surface area contributed by atoms with Crippen molar-refractivity contribution in [2.24, 2.45) is 11.3 Å². The van der Waals surface area contributed by atoms with E-state index in [1.165, 1.54) is 0 Å². The van der Waals surface area contributed by atoms with Crippen molar-refractivity contribution in [1.82, 2.24) is 9.80 Å². The number of aliphatic hydroxyl groups excluding tert-OH is 1. The minimum absolute atomic E-state index is 0.0318. The Balaban J connectivity index is 2.06. The summed E-state index contributed by atoms with van der Waals surface area (Å²) in [5.41, 5.74) is 0.613. The summed E-state index contributed by atoms with van der Waals surface area (Å²) in [5.74, 6) is -0.0543. The second kappa shape index (κ2) is 8.48. The molecular weight excluding hydrogens is 316 g/mol. The fourth-order valence-corrected chi connectivity index (χ4v) is 3.29. The van der Waals surface area contributed by atoms with Crippen LogP contribution in [0.15, 0.2) is 30.3 Å². The van der Waals surface area contributed by atoms with E-state index in [0.29, 0.717) is 19.6 Å². The van der Waals surface area contributed by atoms with Crippen LogP contribution in [0.1, 0.15) is 39.2 Å². The van der Waals surface area contributed by atoms with E-state index >= 15 is 0 Å². The van der Waals surface area contributed by atoms with E-state index in [1.54, 1.807) is 4.90 Å². The molecule has 138 valence electrons. The summed E-state index contributed by atoms with van der Waals surface area (Å²) in [6, 6.07) is 9.79. The first-order valence-electron chi connectivity index (χ1n) is 9.06. The highest BCUT2D eigenvalue weighted by atomic mass is 16.3. The van der Waals surface area contributed by atoms with Crippen LogP contribution >= 0.6 is 0 Å². The van der Waals surface area contributed by atoms with Gasteiger partial charge in [0.25, 0.3) is 0 Å². The van der Waals surface area contributed by atoms with Gasteiger partial charge in [-0.25, -0.2) is 0 Å². The lowest BCUT2D eigenvalue weighted by Crippen LogP contribution is -2.49. The largest absolute Gasteiger partial charge is 0.395 e. The molecule has 1 unspecified atom stereocenters. The number of piperidine rings is 1. The van der Waals surface area contributed by atoms with Gasteiger partial charge < -0.3 is 14.9 Å². The van der Waals surface area contributed by atoms with Crippen LogP contribution in [0.3, 0.4) is 0 Å². The number of rotatable bonds is 5. The number of aliphatic hydroxyl groups is 1. The van der Waals surface area contributed by atoms with E-state index in [4.69, 9.17) is 0 Å². The lowest BCUT2D eigenvalue weighted by molar-refractivity contribution is -0.145. The first-order valence-corrected chi connectivity index (χ1v) is 9.06. The number of hydrogen-bond donors (Lipinski definition) is 1. The number of carbonyl (C=O) groups is 2. The minimum Gasteiger partial charge on any atom is -0.395 e. The molecule has 1 fully saturated rings. The molecule has 1 aliphatic heterocycles. The van der Waals surface area contributed by atoms with E-state index in [1.807, 2.05) is 56.0 Å². The maximum atomic E-state index is 13.0. The van der Waals surface area contributed by atoms with Crippen molar-refractivity contribution in [3.63, 3.8) is 0 Å². The number of hydrogen-bond acceptors (Lipinski definition) is 3. The Labute approximate surface area is 150 Å². The molecule has 1 N–H and O–H groups in total. The molecule has 0 bridgehead atoms. The highest BCUT2D eigenvalue weighted by Gasteiger charge is 2.34. The first-order chi connectivity index (χ1) is 11.8. The van der Waals surface area contributed by atoms with Gasteiger partial charge in [0.15, 0.2) is 0 Å². The zero-order valence-electron chi connectivity index (χ0n) is 15.6. The molecule has 25 heavy (non-hydrogen) atoms. The smallest absolute Gasteiger partial charge is 0.227 e. The fourth-order valence-electron chi connectivity index (χ4n) is 3.29. The highest BCUT2D eigenvalue weighted by molar-refractivity contribution is 5.84. The molecule has 1 aliphatic rings. The molecule has 1 aromatic rings. The molecule has 1 atom stereocenters. The molecule has 1 heterocycles. The second-order valence-corrected chi connectivity index (χ2v) is 7.81. The van der Waals surface area contributed by atoms with Gasteiger partial charge in [-0.2, -0.15) is 0 Å². The first kappa shape index (κ1) is 19.4. The number of carbonyl (C=O) groups excluding carboxylic acids is 2. The lowest BCUT2D eigenvalue weighted by atomic mass is 9.90. The normalized spacial score (nSPS) is 18.1.